The van der Waals surface area contributed by atoms with Crippen molar-refractivity contribution in [3.63, 3.8) is 0 Å². The van der Waals surface area contributed by atoms with Crippen molar-refractivity contribution in [3.05, 3.63) is 16.1 Å². The van der Waals surface area contributed by atoms with Crippen LogP contribution in [-0.2, 0) is 17.7 Å². The first-order valence-electron chi connectivity index (χ1n) is 8.76. The third-order valence-electron chi connectivity index (χ3n) is 2.98. The summed E-state index contributed by atoms with van der Waals surface area (Å²) in [6, 6.07) is 0. The Kier molecular flexibility index (Phi) is 9.26. The molecule has 1 heterocycles. The molecule has 25 heavy (non-hydrogen) atoms. The van der Waals surface area contributed by atoms with Crippen molar-refractivity contribution in [2.45, 2.75) is 59.6 Å². The van der Waals surface area contributed by atoms with Gasteiger partial charge in [-0.25, -0.2) is 14.8 Å². The molecule has 3 N–H and O–H groups in total. The molecule has 0 radical (unpaired) electrons. The second-order valence-corrected chi connectivity index (χ2v) is 7.68. The molecule has 8 heteroatoms. The van der Waals surface area contributed by atoms with Gasteiger partial charge >= 0.3 is 6.09 Å². The minimum Gasteiger partial charge on any atom is -0.444 e. The summed E-state index contributed by atoms with van der Waals surface area (Å²) in [5.41, 5.74) is -0.472. The molecule has 0 saturated heterocycles. The highest BCUT2D eigenvalue weighted by atomic mass is 32.1. The van der Waals surface area contributed by atoms with Gasteiger partial charge in [0, 0.05) is 30.7 Å². The van der Waals surface area contributed by atoms with Crippen molar-refractivity contribution >= 4 is 23.4 Å². The number of hydrogen-bond acceptors (Lipinski definition) is 5. The van der Waals surface area contributed by atoms with Crippen molar-refractivity contribution in [3.8, 4) is 0 Å². The van der Waals surface area contributed by atoms with E-state index in [2.05, 4.69) is 32.9 Å². The molecule has 1 aromatic rings. The Morgan fingerprint density at radius 2 is 1.96 bits per heavy atom. The number of ether oxygens (including phenoxy) is 1. The van der Waals surface area contributed by atoms with Crippen LogP contribution in [-0.4, -0.2) is 42.3 Å². The number of nitrogens with one attached hydrogen (secondary N) is 3. The number of aromatic nitrogens is 1. The van der Waals surface area contributed by atoms with Crippen LogP contribution in [0.4, 0.5) is 4.79 Å². The number of thiazole rings is 1. The maximum Gasteiger partial charge on any atom is 0.407 e. The van der Waals surface area contributed by atoms with Crippen LogP contribution in [0.15, 0.2) is 11.2 Å². The zero-order chi connectivity index (χ0) is 18.7. The monoisotopic (exact) mass is 369 g/mol. The van der Waals surface area contributed by atoms with E-state index >= 15 is 0 Å². The van der Waals surface area contributed by atoms with Gasteiger partial charge in [0.05, 0.1) is 6.54 Å². The number of alkyl carbamates (subject to hydrolysis) is 1. The van der Waals surface area contributed by atoms with Gasteiger partial charge in [0.25, 0.3) is 0 Å². The molecule has 0 atom stereocenters. The molecule has 1 rings (SSSR count). The SMILES string of the molecule is CCNC(=NCc1ncc(CC)s1)NCCCNC(=O)OC(C)(C)C. The number of aryl methyl sites for hydroxylation is 1. The Hall–Kier alpha value is -1.83. The highest BCUT2D eigenvalue weighted by Gasteiger charge is 2.15. The molecule has 0 unspecified atom stereocenters. The van der Waals surface area contributed by atoms with Gasteiger partial charge in [0.1, 0.15) is 10.6 Å². The molecule has 0 aliphatic carbocycles. The Bertz CT molecular complexity index is 551. The van der Waals surface area contributed by atoms with E-state index < -0.39 is 5.60 Å². The van der Waals surface area contributed by atoms with Gasteiger partial charge in [0.2, 0.25) is 0 Å². The molecule has 0 aliphatic rings. The molecule has 7 nitrogen and oxygen atoms in total. The maximum atomic E-state index is 11.5. The number of hydrogen-bond donors (Lipinski definition) is 3. The van der Waals surface area contributed by atoms with Crippen LogP contribution in [0, 0.1) is 0 Å². The summed E-state index contributed by atoms with van der Waals surface area (Å²) in [6.45, 7) is 12.3. The molecular formula is C17H31N5O2S. The van der Waals surface area contributed by atoms with Gasteiger partial charge in [-0.2, -0.15) is 0 Å². The van der Waals surface area contributed by atoms with Crippen LogP contribution in [0.25, 0.3) is 0 Å². The average molecular weight is 370 g/mol. The van der Waals surface area contributed by atoms with E-state index in [0.717, 1.165) is 30.4 Å². The second-order valence-electron chi connectivity index (χ2n) is 6.48. The van der Waals surface area contributed by atoms with Crippen LogP contribution < -0.4 is 16.0 Å². The summed E-state index contributed by atoms with van der Waals surface area (Å²) in [7, 11) is 0. The summed E-state index contributed by atoms with van der Waals surface area (Å²) in [6.07, 6.45) is 3.31. The van der Waals surface area contributed by atoms with Crippen LogP contribution in [0.2, 0.25) is 0 Å². The summed E-state index contributed by atoms with van der Waals surface area (Å²) >= 11 is 1.70. The lowest BCUT2D eigenvalue weighted by molar-refractivity contribution is 0.0527. The first-order chi connectivity index (χ1) is 11.8. The van der Waals surface area contributed by atoms with Gasteiger partial charge in [-0.3, -0.25) is 0 Å². The van der Waals surface area contributed by atoms with Crippen molar-refractivity contribution in [1.29, 1.82) is 0 Å². The molecule has 1 aromatic heterocycles. The number of aliphatic imine (C=N–C) groups is 1. The van der Waals surface area contributed by atoms with E-state index in [1.807, 2.05) is 33.9 Å². The van der Waals surface area contributed by atoms with Gasteiger partial charge in [-0.05, 0) is 40.5 Å². The van der Waals surface area contributed by atoms with Crippen LogP contribution >= 0.6 is 11.3 Å². The first-order valence-corrected chi connectivity index (χ1v) is 9.58. The number of rotatable bonds is 8. The van der Waals surface area contributed by atoms with Crippen molar-refractivity contribution in [1.82, 2.24) is 20.9 Å². The Morgan fingerprint density at radius 3 is 2.56 bits per heavy atom. The van der Waals surface area contributed by atoms with E-state index in [1.165, 1.54) is 4.88 Å². The molecule has 0 fully saturated rings. The molecule has 1 amide bonds. The fraction of sp³-hybridized carbons (Fsp3) is 0.706. The minimum atomic E-state index is -0.472. The summed E-state index contributed by atoms with van der Waals surface area (Å²) in [5, 5.41) is 10.2. The quantitative estimate of drug-likeness (QED) is 0.372. The maximum absolute atomic E-state index is 11.5. The van der Waals surface area contributed by atoms with Gasteiger partial charge < -0.3 is 20.7 Å². The van der Waals surface area contributed by atoms with Crippen molar-refractivity contribution in [2.75, 3.05) is 19.6 Å². The van der Waals surface area contributed by atoms with Crippen molar-refractivity contribution < 1.29 is 9.53 Å². The number of guanidine groups is 1. The molecule has 0 aliphatic heterocycles. The molecule has 0 aromatic carbocycles. The van der Waals surface area contributed by atoms with E-state index in [-0.39, 0.29) is 6.09 Å². The highest BCUT2D eigenvalue weighted by Crippen LogP contribution is 2.13. The Balaban J connectivity index is 2.30. The number of amides is 1. The largest absolute Gasteiger partial charge is 0.444 e. The standard InChI is InChI=1S/C17H31N5O2S/c1-6-13-11-21-14(25-13)12-22-15(18-7-2)19-9-8-10-20-16(23)24-17(3,4)5/h11H,6-10,12H2,1-5H3,(H,20,23)(H2,18,19,22). The van der Waals surface area contributed by atoms with Gasteiger partial charge in [-0.1, -0.05) is 6.92 Å². The first kappa shape index (κ1) is 21.2. The van der Waals surface area contributed by atoms with Gasteiger partial charge in [-0.15, -0.1) is 11.3 Å². The van der Waals surface area contributed by atoms with E-state index in [4.69, 9.17) is 4.74 Å². The second kappa shape index (κ2) is 10.9. The van der Waals surface area contributed by atoms with E-state index in [0.29, 0.717) is 19.6 Å². The predicted octanol–water partition coefficient (Wildman–Crippen LogP) is 2.68. The summed E-state index contributed by atoms with van der Waals surface area (Å²) in [5.74, 6) is 0.757. The topological polar surface area (TPSA) is 87.6 Å². The lowest BCUT2D eigenvalue weighted by atomic mass is 10.2. The van der Waals surface area contributed by atoms with Crippen molar-refractivity contribution in [2.24, 2.45) is 4.99 Å². The van der Waals surface area contributed by atoms with Crippen LogP contribution in [0.5, 0.6) is 0 Å². The number of carbonyl (C=O) groups excluding carboxylic acids is 1. The number of nitrogens with zero attached hydrogens (tertiary/aromatic N) is 2. The molecule has 0 spiro atoms. The normalized spacial score (nSPS) is 12.0. The molecular weight excluding hydrogens is 338 g/mol. The highest BCUT2D eigenvalue weighted by molar-refractivity contribution is 7.11. The van der Waals surface area contributed by atoms with E-state index in [9.17, 15) is 4.79 Å². The minimum absolute atomic E-state index is 0.386. The number of carbonyl (C=O) groups is 1. The predicted molar refractivity (Wildman–Crippen MR) is 103 cm³/mol. The van der Waals surface area contributed by atoms with Gasteiger partial charge in [0.15, 0.2) is 5.96 Å². The fourth-order valence-corrected chi connectivity index (χ4v) is 2.66. The van der Waals surface area contributed by atoms with Crippen LogP contribution in [0.3, 0.4) is 0 Å². The summed E-state index contributed by atoms with van der Waals surface area (Å²) in [4.78, 5) is 21.7. The lowest BCUT2D eigenvalue weighted by Gasteiger charge is -2.19. The fourth-order valence-electron chi connectivity index (χ4n) is 1.87. The lowest BCUT2D eigenvalue weighted by Crippen LogP contribution is -2.39. The van der Waals surface area contributed by atoms with Crippen LogP contribution in [0.1, 0.15) is 50.9 Å². The Labute approximate surface area is 154 Å². The molecule has 142 valence electrons. The molecule has 0 saturated carbocycles. The Morgan fingerprint density at radius 1 is 1.24 bits per heavy atom. The smallest absolute Gasteiger partial charge is 0.407 e. The zero-order valence-corrected chi connectivity index (χ0v) is 16.8. The average Bonchev–Trinajstić information content (AvgIpc) is 2.98. The van der Waals surface area contributed by atoms with E-state index in [1.54, 1.807) is 11.3 Å². The molecule has 0 bridgehead atoms. The zero-order valence-electron chi connectivity index (χ0n) is 15.9. The third kappa shape index (κ3) is 9.91. The summed E-state index contributed by atoms with van der Waals surface area (Å²) < 4.78 is 5.19. The third-order valence-corrected chi connectivity index (χ3v) is 4.11.